The Morgan fingerprint density at radius 1 is 1.35 bits per heavy atom. The van der Waals surface area contributed by atoms with Crippen molar-refractivity contribution in [1.82, 2.24) is 15.1 Å². The van der Waals surface area contributed by atoms with Crippen LogP contribution in [0.5, 0.6) is 0 Å². The average molecular weight is 285 g/mol. The summed E-state index contributed by atoms with van der Waals surface area (Å²) < 4.78 is 0. The minimum atomic E-state index is -0.673. The van der Waals surface area contributed by atoms with Crippen LogP contribution in [0, 0.1) is 0 Å². The fraction of sp³-hybridized carbons (Fsp3) is 0.846. The topological polar surface area (TPSA) is 93.1 Å². The second-order valence-electron chi connectivity index (χ2n) is 5.40. The molecule has 2 fully saturated rings. The number of fused-ring (bicyclic) bond motifs is 1. The van der Waals surface area contributed by atoms with E-state index in [0.29, 0.717) is 38.8 Å². The standard InChI is InChI=1S/C13H23N3O4/c1-14-12(20)16-7-6-15-10(2-3-11(15)19)13(16,4-8-17)5-9-18/h10,17-18H,2-9H2,1H3,(H,14,20). The van der Waals surface area contributed by atoms with Crippen molar-refractivity contribution >= 4 is 11.9 Å². The van der Waals surface area contributed by atoms with Gasteiger partial charge in [-0.2, -0.15) is 0 Å². The van der Waals surface area contributed by atoms with Crippen LogP contribution < -0.4 is 5.32 Å². The van der Waals surface area contributed by atoms with Crippen molar-refractivity contribution < 1.29 is 19.8 Å². The summed E-state index contributed by atoms with van der Waals surface area (Å²) in [5, 5.41) is 21.5. The van der Waals surface area contributed by atoms with Gasteiger partial charge in [-0.1, -0.05) is 0 Å². The van der Waals surface area contributed by atoms with Crippen molar-refractivity contribution in [3.63, 3.8) is 0 Å². The highest BCUT2D eigenvalue weighted by atomic mass is 16.3. The predicted octanol–water partition coefficient (Wildman–Crippen LogP) is -0.864. The molecule has 3 N–H and O–H groups in total. The highest BCUT2D eigenvalue weighted by Crippen LogP contribution is 2.40. The molecule has 1 unspecified atom stereocenters. The van der Waals surface area contributed by atoms with Crippen LogP contribution in [-0.4, -0.2) is 76.9 Å². The van der Waals surface area contributed by atoms with Crippen LogP contribution in [0.25, 0.3) is 0 Å². The molecule has 0 aromatic heterocycles. The summed E-state index contributed by atoms with van der Waals surface area (Å²) in [4.78, 5) is 27.6. The molecule has 3 amide bonds. The van der Waals surface area contributed by atoms with Crippen LogP contribution in [0.3, 0.4) is 0 Å². The summed E-state index contributed by atoms with van der Waals surface area (Å²) in [6.07, 6.45) is 1.89. The Kier molecular flexibility index (Phi) is 4.49. The van der Waals surface area contributed by atoms with Crippen LogP contribution in [-0.2, 0) is 4.79 Å². The van der Waals surface area contributed by atoms with Gasteiger partial charge in [0.25, 0.3) is 0 Å². The predicted molar refractivity (Wildman–Crippen MR) is 72.0 cm³/mol. The van der Waals surface area contributed by atoms with E-state index in [-0.39, 0.29) is 31.2 Å². The van der Waals surface area contributed by atoms with Gasteiger partial charge < -0.3 is 25.3 Å². The second-order valence-corrected chi connectivity index (χ2v) is 5.40. The third kappa shape index (κ3) is 2.25. The summed E-state index contributed by atoms with van der Waals surface area (Å²) in [6, 6.07) is -0.328. The highest BCUT2D eigenvalue weighted by Gasteiger charge is 2.53. The van der Waals surface area contributed by atoms with Crippen molar-refractivity contribution in [1.29, 1.82) is 0 Å². The van der Waals surface area contributed by atoms with E-state index in [1.807, 2.05) is 4.90 Å². The Morgan fingerprint density at radius 2 is 2.00 bits per heavy atom. The third-order valence-corrected chi connectivity index (χ3v) is 4.60. The van der Waals surface area contributed by atoms with Crippen molar-refractivity contribution in [3.8, 4) is 0 Å². The lowest BCUT2D eigenvalue weighted by atomic mass is 9.79. The van der Waals surface area contributed by atoms with Gasteiger partial charge in [0, 0.05) is 39.8 Å². The summed E-state index contributed by atoms with van der Waals surface area (Å²) in [5.74, 6) is 0.104. The fourth-order valence-electron chi connectivity index (χ4n) is 3.74. The molecule has 0 spiro atoms. The lowest BCUT2D eigenvalue weighted by Crippen LogP contribution is -2.69. The van der Waals surface area contributed by atoms with Gasteiger partial charge in [-0.25, -0.2) is 4.79 Å². The van der Waals surface area contributed by atoms with Gasteiger partial charge in [-0.05, 0) is 19.3 Å². The number of urea groups is 1. The van der Waals surface area contributed by atoms with E-state index < -0.39 is 5.54 Å². The van der Waals surface area contributed by atoms with Gasteiger partial charge >= 0.3 is 6.03 Å². The van der Waals surface area contributed by atoms with Crippen LogP contribution in [0.15, 0.2) is 0 Å². The first kappa shape index (κ1) is 15.1. The molecule has 7 nitrogen and oxygen atoms in total. The molecule has 20 heavy (non-hydrogen) atoms. The number of hydrogen-bond acceptors (Lipinski definition) is 4. The number of nitrogens with one attached hydrogen (secondary N) is 1. The van der Waals surface area contributed by atoms with Crippen LogP contribution in [0.1, 0.15) is 25.7 Å². The first-order valence-corrected chi connectivity index (χ1v) is 7.11. The zero-order chi connectivity index (χ0) is 14.8. The number of hydrogen-bond donors (Lipinski definition) is 3. The Morgan fingerprint density at radius 3 is 2.55 bits per heavy atom. The number of aliphatic hydroxyl groups excluding tert-OH is 2. The summed E-state index contributed by atoms with van der Waals surface area (Å²) >= 11 is 0. The molecular weight excluding hydrogens is 262 g/mol. The number of rotatable bonds is 4. The third-order valence-electron chi connectivity index (χ3n) is 4.60. The van der Waals surface area contributed by atoms with Gasteiger partial charge in [-0.3, -0.25) is 4.79 Å². The van der Waals surface area contributed by atoms with Crippen LogP contribution in [0.4, 0.5) is 4.79 Å². The Hall–Kier alpha value is -1.34. The zero-order valence-electron chi connectivity index (χ0n) is 11.8. The number of carbonyl (C=O) groups is 2. The Bertz CT molecular complexity index is 382. The monoisotopic (exact) mass is 285 g/mol. The second kappa shape index (κ2) is 5.97. The molecule has 2 rings (SSSR count). The molecule has 2 aliphatic rings. The molecule has 0 aromatic carbocycles. The average Bonchev–Trinajstić information content (AvgIpc) is 2.82. The lowest BCUT2D eigenvalue weighted by molar-refractivity contribution is -0.135. The van der Waals surface area contributed by atoms with Crippen molar-refractivity contribution in [2.45, 2.75) is 37.3 Å². The zero-order valence-corrected chi connectivity index (χ0v) is 11.8. The van der Waals surface area contributed by atoms with E-state index >= 15 is 0 Å². The largest absolute Gasteiger partial charge is 0.396 e. The van der Waals surface area contributed by atoms with E-state index in [1.165, 1.54) is 0 Å². The van der Waals surface area contributed by atoms with E-state index in [9.17, 15) is 19.8 Å². The fourth-order valence-corrected chi connectivity index (χ4v) is 3.74. The number of aliphatic hydroxyl groups is 2. The first-order valence-electron chi connectivity index (χ1n) is 7.11. The van der Waals surface area contributed by atoms with Crippen molar-refractivity contribution in [2.75, 3.05) is 33.4 Å². The number of piperazine rings is 1. The van der Waals surface area contributed by atoms with Crippen LogP contribution >= 0.6 is 0 Å². The molecule has 1 atom stereocenters. The number of carbonyl (C=O) groups excluding carboxylic acids is 2. The summed E-state index contributed by atoms with van der Waals surface area (Å²) in [7, 11) is 1.57. The number of amides is 3. The molecule has 0 aromatic rings. The van der Waals surface area contributed by atoms with Gasteiger partial charge in [0.2, 0.25) is 5.91 Å². The van der Waals surface area contributed by atoms with Crippen LogP contribution in [0.2, 0.25) is 0 Å². The molecule has 2 aliphatic heterocycles. The minimum absolute atomic E-state index is 0.0774. The molecule has 0 bridgehead atoms. The Balaban J connectivity index is 2.37. The maximum atomic E-state index is 12.2. The van der Waals surface area contributed by atoms with Gasteiger partial charge in [0.05, 0.1) is 11.6 Å². The Labute approximate surface area is 118 Å². The summed E-state index contributed by atoms with van der Waals surface area (Å²) in [5.41, 5.74) is -0.673. The number of nitrogens with zero attached hydrogens (tertiary/aromatic N) is 2. The van der Waals surface area contributed by atoms with Crippen molar-refractivity contribution in [2.24, 2.45) is 0 Å². The molecular formula is C13H23N3O4. The molecule has 0 aliphatic carbocycles. The minimum Gasteiger partial charge on any atom is -0.396 e. The highest BCUT2D eigenvalue weighted by molar-refractivity contribution is 5.81. The maximum absolute atomic E-state index is 12.2. The van der Waals surface area contributed by atoms with Gasteiger partial charge in [0.1, 0.15) is 0 Å². The molecule has 7 heteroatoms. The first-order chi connectivity index (χ1) is 9.60. The van der Waals surface area contributed by atoms with E-state index in [2.05, 4.69) is 5.32 Å². The lowest BCUT2D eigenvalue weighted by Gasteiger charge is -2.54. The van der Waals surface area contributed by atoms with E-state index in [0.717, 1.165) is 0 Å². The quantitative estimate of drug-likeness (QED) is 0.626. The molecule has 0 radical (unpaired) electrons. The molecule has 0 saturated carbocycles. The summed E-state index contributed by atoms with van der Waals surface area (Å²) in [6.45, 7) is 0.801. The SMILES string of the molecule is CNC(=O)N1CCN2C(=O)CCC2C1(CCO)CCO. The van der Waals surface area contributed by atoms with E-state index in [4.69, 9.17) is 0 Å². The normalized spacial score (nSPS) is 24.8. The molecule has 2 heterocycles. The van der Waals surface area contributed by atoms with Gasteiger partial charge in [0.15, 0.2) is 0 Å². The van der Waals surface area contributed by atoms with Gasteiger partial charge in [-0.15, -0.1) is 0 Å². The molecule has 2 saturated heterocycles. The smallest absolute Gasteiger partial charge is 0.317 e. The maximum Gasteiger partial charge on any atom is 0.317 e. The van der Waals surface area contributed by atoms with Crippen molar-refractivity contribution in [3.05, 3.63) is 0 Å². The van der Waals surface area contributed by atoms with E-state index in [1.54, 1.807) is 11.9 Å². The molecule has 114 valence electrons.